The van der Waals surface area contributed by atoms with Crippen molar-refractivity contribution in [3.05, 3.63) is 95.5 Å². The third kappa shape index (κ3) is 3.44. The van der Waals surface area contributed by atoms with Gasteiger partial charge in [0, 0.05) is 12.1 Å². The molecule has 0 unspecified atom stereocenters. The number of carboxylic acid groups (broad SMARTS) is 1. The SMILES string of the molecule is O=C(O)[C@H]1C[C@H](c2ccc(-c3nc4ccc(C5(c6ccccc6)C=C5)nc4s3)c(F)c2)CN1. The molecule has 0 amide bonds. The largest absolute Gasteiger partial charge is 0.480 e. The topological polar surface area (TPSA) is 75.1 Å². The lowest BCUT2D eigenvalue weighted by molar-refractivity contribution is -0.139. The lowest BCUT2D eigenvalue weighted by Crippen LogP contribution is -2.29. The molecule has 164 valence electrons. The number of allylic oxidation sites excluding steroid dienone is 2. The first-order chi connectivity index (χ1) is 16.0. The zero-order chi connectivity index (χ0) is 22.6. The van der Waals surface area contributed by atoms with Gasteiger partial charge in [0.05, 0.1) is 11.1 Å². The van der Waals surface area contributed by atoms with Gasteiger partial charge in [0.15, 0.2) is 0 Å². The summed E-state index contributed by atoms with van der Waals surface area (Å²) in [6.07, 6.45) is 4.74. The number of nitrogens with one attached hydrogen (secondary N) is 1. The second-order valence-corrected chi connectivity index (χ2v) is 9.56. The molecule has 4 aromatic rings. The Bertz CT molecular complexity index is 1410. The average Bonchev–Trinajstić information content (AvgIpc) is 3.28. The van der Waals surface area contributed by atoms with Crippen LogP contribution in [-0.2, 0) is 10.2 Å². The van der Waals surface area contributed by atoms with Crippen molar-refractivity contribution < 1.29 is 14.3 Å². The fourth-order valence-corrected chi connectivity index (χ4v) is 5.57. The lowest BCUT2D eigenvalue weighted by atomic mass is 9.89. The number of hydrogen-bond acceptors (Lipinski definition) is 5. The molecule has 2 atom stereocenters. The molecule has 3 heterocycles. The standard InChI is InChI=1S/C26H20FN3O2S/c27-19-12-15(16-13-21(25(31)32)28-14-16)6-7-18(19)23-29-20-8-9-22(30-24(20)33-23)26(10-11-26)17-4-2-1-3-5-17/h1-12,16,21,28H,13-14H2,(H,31,32)/t16-,21+/m0/s1. The third-order valence-electron chi connectivity index (χ3n) is 6.55. The Morgan fingerprint density at radius 3 is 2.61 bits per heavy atom. The van der Waals surface area contributed by atoms with Gasteiger partial charge in [-0.25, -0.2) is 14.4 Å². The van der Waals surface area contributed by atoms with Gasteiger partial charge in [0.2, 0.25) is 0 Å². The molecular weight excluding hydrogens is 437 g/mol. The maximum absolute atomic E-state index is 15.1. The van der Waals surface area contributed by atoms with E-state index in [2.05, 4.69) is 34.6 Å². The number of aliphatic carboxylic acids is 1. The molecule has 2 aromatic heterocycles. The van der Waals surface area contributed by atoms with Crippen LogP contribution < -0.4 is 5.32 Å². The summed E-state index contributed by atoms with van der Waals surface area (Å²) in [5.41, 5.74) is 3.83. The van der Waals surface area contributed by atoms with E-state index in [1.165, 1.54) is 23.0 Å². The number of benzene rings is 2. The highest BCUT2D eigenvalue weighted by Gasteiger charge is 2.39. The normalized spacial score (nSPS) is 20.9. The van der Waals surface area contributed by atoms with Gasteiger partial charge in [-0.2, -0.15) is 0 Å². The molecule has 0 radical (unpaired) electrons. The average molecular weight is 458 g/mol. The van der Waals surface area contributed by atoms with Gasteiger partial charge in [-0.15, -0.1) is 0 Å². The van der Waals surface area contributed by atoms with Crippen LogP contribution in [0.25, 0.3) is 20.9 Å². The highest BCUT2D eigenvalue weighted by molar-refractivity contribution is 7.21. The van der Waals surface area contributed by atoms with E-state index >= 15 is 4.39 Å². The summed E-state index contributed by atoms with van der Waals surface area (Å²) in [5.74, 6) is -1.24. The van der Waals surface area contributed by atoms with E-state index in [1.54, 1.807) is 6.07 Å². The highest BCUT2D eigenvalue weighted by atomic mass is 32.1. The molecule has 33 heavy (non-hydrogen) atoms. The molecule has 2 aromatic carbocycles. The summed E-state index contributed by atoms with van der Waals surface area (Å²) in [7, 11) is 0. The van der Waals surface area contributed by atoms with Crippen LogP contribution in [0.1, 0.15) is 29.2 Å². The monoisotopic (exact) mass is 457 g/mol. The van der Waals surface area contributed by atoms with E-state index in [0.717, 1.165) is 21.6 Å². The van der Waals surface area contributed by atoms with Gasteiger partial charge in [-0.1, -0.05) is 59.9 Å². The first-order valence-electron chi connectivity index (χ1n) is 10.8. The third-order valence-corrected chi connectivity index (χ3v) is 7.55. The molecule has 2 aliphatic rings. The maximum Gasteiger partial charge on any atom is 0.320 e. The van der Waals surface area contributed by atoms with Crippen molar-refractivity contribution in [2.45, 2.75) is 23.8 Å². The smallest absolute Gasteiger partial charge is 0.320 e. The van der Waals surface area contributed by atoms with Crippen molar-refractivity contribution in [2.75, 3.05) is 6.54 Å². The number of hydrogen-bond donors (Lipinski definition) is 2. The fraction of sp³-hybridized carbons (Fsp3) is 0.192. The Balaban J connectivity index is 1.30. The molecule has 0 saturated carbocycles. The number of rotatable bonds is 5. The summed E-state index contributed by atoms with van der Waals surface area (Å²) in [4.78, 5) is 21.5. The zero-order valence-electron chi connectivity index (χ0n) is 17.5. The van der Waals surface area contributed by atoms with Crippen molar-refractivity contribution in [1.82, 2.24) is 15.3 Å². The number of nitrogens with zero attached hydrogens (tertiary/aromatic N) is 2. The minimum absolute atomic E-state index is 0.0190. The number of halogens is 1. The second-order valence-electron chi connectivity index (χ2n) is 8.58. The van der Waals surface area contributed by atoms with Crippen molar-refractivity contribution in [2.24, 2.45) is 0 Å². The van der Waals surface area contributed by atoms with Crippen molar-refractivity contribution in [3.63, 3.8) is 0 Å². The predicted molar refractivity (Wildman–Crippen MR) is 126 cm³/mol. The van der Waals surface area contributed by atoms with Crippen LogP contribution in [0.2, 0.25) is 0 Å². The molecule has 1 aliphatic carbocycles. The van der Waals surface area contributed by atoms with Crippen molar-refractivity contribution >= 4 is 27.7 Å². The van der Waals surface area contributed by atoms with Crippen molar-refractivity contribution in [3.8, 4) is 10.6 Å². The number of carbonyl (C=O) groups is 1. The fourth-order valence-electron chi connectivity index (χ4n) is 4.61. The van der Waals surface area contributed by atoms with E-state index in [9.17, 15) is 9.90 Å². The number of thiazole rings is 1. The molecule has 0 spiro atoms. The van der Waals surface area contributed by atoms with Gasteiger partial charge >= 0.3 is 5.97 Å². The minimum Gasteiger partial charge on any atom is -0.480 e. The minimum atomic E-state index is -0.869. The Morgan fingerprint density at radius 2 is 1.91 bits per heavy atom. The lowest BCUT2D eigenvalue weighted by Gasteiger charge is -2.15. The number of pyridine rings is 1. The molecule has 0 bridgehead atoms. The second kappa shape index (κ2) is 7.57. The van der Waals surface area contributed by atoms with E-state index in [4.69, 9.17) is 4.98 Å². The Hall–Kier alpha value is -3.42. The molecule has 5 nitrogen and oxygen atoms in total. The van der Waals surface area contributed by atoms with Crippen molar-refractivity contribution in [1.29, 1.82) is 0 Å². The Labute approximate surface area is 193 Å². The number of aromatic nitrogens is 2. The summed E-state index contributed by atoms with van der Waals surface area (Å²) in [6.45, 7) is 0.529. The van der Waals surface area contributed by atoms with Gasteiger partial charge in [0.1, 0.15) is 27.2 Å². The van der Waals surface area contributed by atoms with E-state index < -0.39 is 12.0 Å². The molecule has 2 N–H and O–H groups in total. The van der Waals surface area contributed by atoms with Crippen LogP contribution in [0, 0.1) is 5.82 Å². The van der Waals surface area contributed by atoms with Gasteiger partial charge in [-0.3, -0.25) is 4.79 Å². The van der Waals surface area contributed by atoms with Crippen LogP contribution in [0.4, 0.5) is 4.39 Å². The van der Waals surface area contributed by atoms with Gasteiger partial charge in [0.25, 0.3) is 0 Å². The maximum atomic E-state index is 15.1. The molecule has 7 heteroatoms. The van der Waals surface area contributed by atoms with Gasteiger partial charge in [-0.05, 0) is 47.7 Å². The summed E-state index contributed by atoms with van der Waals surface area (Å²) in [6, 6.07) is 18.7. The van der Waals surface area contributed by atoms with Crippen LogP contribution in [0.3, 0.4) is 0 Å². The summed E-state index contributed by atoms with van der Waals surface area (Å²) < 4.78 is 15.1. The zero-order valence-corrected chi connectivity index (χ0v) is 18.3. The first-order valence-corrected chi connectivity index (χ1v) is 11.7. The van der Waals surface area contributed by atoms with Gasteiger partial charge < -0.3 is 10.4 Å². The predicted octanol–water partition coefficient (Wildman–Crippen LogP) is 4.88. The van der Waals surface area contributed by atoms with Crippen LogP contribution >= 0.6 is 11.3 Å². The van der Waals surface area contributed by atoms with E-state index in [1.807, 2.05) is 36.4 Å². The van der Waals surface area contributed by atoms with E-state index in [-0.39, 0.29) is 17.2 Å². The van der Waals surface area contributed by atoms with E-state index in [0.29, 0.717) is 23.5 Å². The Morgan fingerprint density at radius 1 is 1.09 bits per heavy atom. The quantitative estimate of drug-likeness (QED) is 0.418. The first kappa shape index (κ1) is 20.2. The Kier molecular flexibility index (Phi) is 4.64. The molecule has 1 fully saturated rings. The number of carboxylic acids is 1. The van der Waals surface area contributed by atoms with Crippen LogP contribution in [0.15, 0.2) is 72.8 Å². The van der Waals surface area contributed by atoms with Crippen LogP contribution in [0.5, 0.6) is 0 Å². The molecule has 1 aliphatic heterocycles. The summed E-state index contributed by atoms with van der Waals surface area (Å²) >= 11 is 1.38. The summed E-state index contributed by atoms with van der Waals surface area (Å²) in [5, 5.41) is 12.7. The highest BCUT2D eigenvalue weighted by Crippen LogP contribution is 2.45. The molecular formula is C26H20FN3O2S. The number of fused-ring (bicyclic) bond motifs is 1. The molecule has 1 saturated heterocycles. The molecule has 6 rings (SSSR count). The van der Waals surface area contributed by atoms with Crippen LogP contribution in [-0.4, -0.2) is 33.6 Å².